The van der Waals surface area contributed by atoms with Gasteiger partial charge < -0.3 is 33.5 Å². The molecule has 0 spiro atoms. The highest BCUT2D eigenvalue weighted by atomic mass is 16.7. The third-order valence-corrected chi connectivity index (χ3v) is 6.79. The molecule has 3 unspecified atom stereocenters. The molecule has 45 heavy (non-hydrogen) atoms. The van der Waals surface area contributed by atoms with Gasteiger partial charge in [-0.05, 0) is 83.8 Å². The number of ether oxygens (including phenoxy) is 6. The molecule has 3 aromatic rings. The predicted molar refractivity (Wildman–Crippen MR) is 165 cm³/mol. The molecule has 0 fully saturated rings. The minimum absolute atomic E-state index is 0.221. The van der Waals surface area contributed by atoms with E-state index < -0.39 is 30.4 Å². The number of aliphatic hydroxyl groups excluding tert-OH is 1. The van der Waals surface area contributed by atoms with Crippen molar-refractivity contribution in [2.24, 2.45) is 0 Å². The molecular formula is C35H35NO9. The van der Waals surface area contributed by atoms with Gasteiger partial charge in [-0.1, -0.05) is 25.3 Å². The van der Waals surface area contributed by atoms with Crippen LogP contribution in [-0.4, -0.2) is 56.1 Å². The van der Waals surface area contributed by atoms with Crippen molar-refractivity contribution >= 4 is 11.9 Å². The van der Waals surface area contributed by atoms with Gasteiger partial charge in [0.1, 0.15) is 17.2 Å². The van der Waals surface area contributed by atoms with Gasteiger partial charge in [-0.25, -0.2) is 9.59 Å². The van der Waals surface area contributed by atoms with E-state index >= 15 is 0 Å². The number of nitrogens with zero attached hydrogens (tertiary/aromatic N) is 1. The number of hydrogen-bond acceptors (Lipinski definition) is 10. The molecule has 3 aromatic carbocycles. The normalized spacial score (nSPS) is 14.2. The Hall–Kier alpha value is -4.95. The molecule has 0 radical (unpaired) electrons. The average Bonchev–Trinajstić information content (AvgIpc) is 3.36. The Morgan fingerprint density at radius 3 is 2.18 bits per heavy atom. The van der Waals surface area contributed by atoms with Crippen molar-refractivity contribution in [3.05, 3.63) is 103 Å². The number of carbonyl (C=O) groups excluding carboxylic acids is 2. The second kappa shape index (κ2) is 16.2. The lowest BCUT2D eigenvalue weighted by atomic mass is 9.98. The Morgan fingerprint density at radius 2 is 1.51 bits per heavy atom. The van der Waals surface area contributed by atoms with Gasteiger partial charge in [-0.15, -0.1) is 0 Å². The zero-order chi connectivity index (χ0) is 32.2. The maximum absolute atomic E-state index is 12.9. The summed E-state index contributed by atoms with van der Waals surface area (Å²) in [7, 11) is 0. The minimum Gasteiger partial charge on any atom is -0.494 e. The van der Waals surface area contributed by atoms with Crippen molar-refractivity contribution in [3.63, 3.8) is 0 Å². The van der Waals surface area contributed by atoms with Crippen LogP contribution in [0.1, 0.15) is 47.2 Å². The van der Waals surface area contributed by atoms with Crippen molar-refractivity contribution in [1.29, 1.82) is 5.26 Å². The number of hydrogen-bond donors (Lipinski definition) is 1. The zero-order valence-corrected chi connectivity index (χ0v) is 25.0. The first-order valence-electron chi connectivity index (χ1n) is 14.5. The monoisotopic (exact) mass is 613 g/mol. The predicted octanol–water partition coefficient (Wildman–Crippen LogP) is 5.69. The van der Waals surface area contributed by atoms with Gasteiger partial charge in [0.05, 0.1) is 44.0 Å². The van der Waals surface area contributed by atoms with Crippen LogP contribution in [0.15, 0.2) is 86.0 Å². The number of aliphatic hydroxyl groups is 1. The highest BCUT2D eigenvalue weighted by molar-refractivity contribution is 5.91. The van der Waals surface area contributed by atoms with E-state index in [-0.39, 0.29) is 6.61 Å². The van der Waals surface area contributed by atoms with Gasteiger partial charge in [0.25, 0.3) is 0 Å². The average molecular weight is 614 g/mol. The molecule has 0 bridgehead atoms. The second-order valence-corrected chi connectivity index (χ2v) is 9.95. The van der Waals surface area contributed by atoms with Crippen molar-refractivity contribution < 1.29 is 43.1 Å². The highest BCUT2D eigenvalue weighted by Crippen LogP contribution is 2.47. The number of rotatable bonds is 17. The number of nitriles is 1. The lowest BCUT2D eigenvalue weighted by molar-refractivity contribution is -0.138. The maximum atomic E-state index is 12.9. The molecule has 3 atom stereocenters. The van der Waals surface area contributed by atoms with Gasteiger partial charge in [-0.3, -0.25) is 0 Å². The van der Waals surface area contributed by atoms with Crippen molar-refractivity contribution in [3.8, 4) is 34.4 Å². The molecule has 1 aliphatic carbocycles. The van der Waals surface area contributed by atoms with E-state index in [4.69, 9.17) is 28.4 Å². The van der Waals surface area contributed by atoms with E-state index in [0.717, 1.165) is 28.3 Å². The summed E-state index contributed by atoms with van der Waals surface area (Å²) in [6.07, 6.45) is 1.93. The van der Waals surface area contributed by atoms with Crippen LogP contribution in [0.4, 0.5) is 0 Å². The Balaban J connectivity index is 1.32. The number of carbonyl (C=O) groups is 2. The van der Waals surface area contributed by atoms with E-state index in [9.17, 15) is 20.0 Å². The van der Waals surface area contributed by atoms with Gasteiger partial charge >= 0.3 is 11.9 Å². The topological polar surface area (TPSA) is 134 Å². The van der Waals surface area contributed by atoms with Crippen molar-refractivity contribution in [2.45, 2.75) is 38.3 Å². The molecule has 0 amide bonds. The summed E-state index contributed by atoms with van der Waals surface area (Å²) < 4.78 is 32.9. The van der Waals surface area contributed by atoms with E-state index in [1.54, 1.807) is 43.3 Å². The van der Waals surface area contributed by atoms with Crippen LogP contribution in [0.2, 0.25) is 0 Å². The molecule has 0 heterocycles. The number of esters is 2. The van der Waals surface area contributed by atoms with Crippen LogP contribution in [0.25, 0.3) is 11.1 Å². The van der Waals surface area contributed by atoms with Crippen LogP contribution in [0.3, 0.4) is 0 Å². The Labute approximate surface area is 262 Å². The first kappa shape index (κ1) is 33.0. The standard InChI is InChI=1S/C35H35NO9/c1-4-33(37)42-18-6-16-40-23(3)44-26-12-14-28-29-15-13-27(21-31(29)32(22-36)30(28)20-26)45-35(39)24-8-10-25(11-9-24)41-17-7-19-43-34(38)5-2/h4-5,8-15,20-21,23,32,34,38H,1-2,6-7,16-19H2,3H3. The Bertz CT molecular complexity index is 1540. The Morgan fingerprint density at radius 1 is 0.889 bits per heavy atom. The molecule has 234 valence electrons. The summed E-state index contributed by atoms with van der Waals surface area (Å²) in [6.45, 7) is 9.80. The molecule has 0 aliphatic heterocycles. The van der Waals surface area contributed by atoms with Crippen LogP contribution in [0.5, 0.6) is 17.2 Å². The molecule has 4 rings (SSSR count). The summed E-state index contributed by atoms with van der Waals surface area (Å²) in [4.78, 5) is 24.0. The fourth-order valence-electron chi connectivity index (χ4n) is 4.63. The minimum atomic E-state index is -0.995. The molecular weight excluding hydrogens is 578 g/mol. The molecule has 0 saturated carbocycles. The zero-order valence-electron chi connectivity index (χ0n) is 25.0. The third-order valence-electron chi connectivity index (χ3n) is 6.79. The van der Waals surface area contributed by atoms with E-state index in [1.165, 1.54) is 6.08 Å². The fourth-order valence-corrected chi connectivity index (χ4v) is 4.63. The highest BCUT2D eigenvalue weighted by Gasteiger charge is 2.30. The molecule has 10 nitrogen and oxygen atoms in total. The SMILES string of the molecule is C=CC(=O)OCCCOC(C)Oc1ccc2c(c1)C(C#N)c1cc(OC(=O)c3ccc(OCCCOC(O)C=C)cc3)ccc1-2. The number of fused-ring (bicyclic) bond motifs is 3. The van der Waals surface area contributed by atoms with Gasteiger partial charge in [0.15, 0.2) is 12.6 Å². The number of benzene rings is 3. The largest absolute Gasteiger partial charge is 0.494 e. The summed E-state index contributed by atoms with van der Waals surface area (Å²) >= 11 is 0. The van der Waals surface area contributed by atoms with Gasteiger partial charge in [0.2, 0.25) is 0 Å². The molecule has 0 saturated heterocycles. The fraction of sp³-hybridized carbons (Fsp3) is 0.286. The lowest BCUT2D eigenvalue weighted by Crippen LogP contribution is -2.18. The van der Waals surface area contributed by atoms with Gasteiger partial charge in [-0.2, -0.15) is 5.26 Å². The maximum Gasteiger partial charge on any atom is 0.343 e. The van der Waals surface area contributed by atoms with Crippen molar-refractivity contribution in [2.75, 3.05) is 26.4 Å². The van der Waals surface area contributed by atoms with Crippen LogP contribution in [0, 0.1) is 11.3 Å². The lowest BCUT2D eigenvalue weighted by Gasteiger charge is -2.16. The first-order valence-corrected chi connectivity index (χ1v) is 14.5. The van der Waals surface area contributed by atoms with Crippen molar-refractivity contribution in [1.82, 2.24) is 0 Å². The summed E-state index contributed by atoms with van der Waals surface area (Å²) in [5, 5.41) is 19.4. The third kappa shape index (κ3) is 9.03. The molecule has 1 N–H and O–H groups in total. The first-order chi connectivity index (χ1) is 21.8. The summed E-state index contributed by atoms with van der Waals surface area (Å²) in [5.74, 6) is -0.138. The smallest absolute Gasteiger partial charge is 0.343 e. The Kier molecular flexibility index (Phi) is 11.9. The molecule has 0 aromatic heterocycles. The van der Waals surface area contributed by atoms with E-state index in [1.807, 2.05) is 24.3 Å². The van der Waals surface area contributed by atoms with Crippen LogP contribution >= 0.6 is 0 Å². The molecule has 10 heteroatoms. The quantitative estimate of drug-likeness (QED) is 0.0505. The van der Waals surface area contributed by atoms with Crippen LogP contribution < -0.4 is 14.2 Å². The van der Waals surface area contributed by atoms with Gasteiger partial charge in [0, 0.05) is 18.9 Å². The second-order valence-electron chi connectivity index (χ2n) is 9.95. The van der Waals surface area contributed by atoms with E-state index in [0.29, 0.717) is 55.5 Å². The summed E-state index contributed by atoms with van der Waals surface area (Å²) in [5.41, 5.74) is 3.65. The van der Waals surface area contributed by atoms with E-state index in [2.05, 4.69) is 19.2 Å². The van der Waals surface area contributed by atoms with Crippen LogP contribution in [-0.2, 0) is 19.0 Å². The molecule has 1 aliphatic rings. The summed E-state index contributed by atoms with van der Waals surface area (Å²) in [6, 6.07) is 19.7.